The number of carbonyl (C=O) groups excluding carboxylic acids is 1. The molecule has 4 nitrogen and oxygen atoms in total. The molecule has 2 N–H and O–H groups in total. The van der Waals surface area contributed by atoms with Crippen LogP contribution in [-0.4, -0.2) is 24.7 Å². The first-order valence-corrected chi connectivity index (χ1v) is 12.3. The van der Waals surface area contributed by atoms with Crippen LogP contribution in [0.3, 0.4) is 0 Å². The van der Waals surface area contributed by atoms with Crippen LogP contribution in [0, 0.1) is 29.1 Å². The lowest BCUT2D eigenvalue weighted by Gasteiger charge is -2.45. The molecule has 4 heteroatoms. The summed E-state index contributed by atoms with van der Waals surface area (Å²) in [6, 6.07) is 4.68. The molecule has 5 rings (SSSR count). The Morgan fingerprint density at radius 1 is 1.20 bits per heavy atom. The number of furan rings is 1. The van der Waals surface area contributed by atoms with Crippen molar-refractivity contribution in [2.24, 2.45) is 29.1 Å². The molecule has 1 aromatic rings. The average molecular weight is 413 g/mol. The van der Waals surface area contributed by atoms with Crippen LogP contribution in [0.4, 0.5) is 0 Å². The second kappa shape index (κ2) is 8.18. The van der Waals surface area contributed by atoms with Gasteiger partial charge in [0, 0.05) is 18.3 Å². The van der Waals surface area contributed by atoms with E-state index in [0.717, 1.165) is 25.1 Å². The van der Waals surface area contributed by atoms with Gasteiger partial charge in [-0.1, -0.05) is 38.3 Å². The number of rotatable bonds is 5. The van der Waals surface area contributed by atoms with Crippen molar-refractivity contribution in [2.75, 3.05) is 6.54 Å². The van der Waals surface area contributed by atoms with E-state index in [1.807, 2.05) is 6.07 Å². The van der Waals surface area contributed by atoms with Crippen LogP contribution in [0.5, 0.6) is 0 Å². The third-order valence-electron chi connectivity index (χ3n) is 8.79. The molecule has 0 spiro atoms. The predicted octanol–water partition coefficient (Wildman–Crippen LogP) is 4.26. The van der Waals surface area contributed by atoms with E-state index in [9.17, 15) is 4.79 Å². The number of esters is 1. The highest BCUT2D eigenvalue weighted by molar-refractivity contribution is 5.76. The van der Waals surface area contributed by atoms with Gasteiger partial charge in [0.25, 0.3) is 0 Å². The van der Waals surface area contributed by atoms with Crippen LogP contribution in [0.25, 0.3) is 0 Å². The molecule has 0 bridgehead atoms. The monoisotopic (exact) mass is 412 g/mol. The van der Waals surface area contributed by atoms with E-state index in [-0.39, 0.29) is 29.3 Å². The Labute approximate surface area is 180 Å². The van der Waals surface area contributed by atoms with Gasteiger partial charge < -0.3 is 14.5 Å². The fourth-order valence-corrected chi connectivity index (χ4v) is 7.12. The molecule has 0 aromatic carbocycles. The molecule has 3 aliphatic carbocycles. The highest BCUT2D eigenvalue weighted by Gasteiger charge is 2.52. The number of hydrogen-bond acceptors (Lipinski definition) is 3. The molecular formula is C26H38NO3+. The molecule has 1 aliphatic heterocycles. The van der Waals surface area contributed by atoms with Crippen molar-refractivity contribution >= 4 is 5.97 Å². The maximum absolute atomic E-state index is 12.9. The van der Waals surface area contributed by atoms with Gasteiger partial charge in [-0.2, -0.15) is 0 Å². The van der Waals surface area contributed by atoms with Crippen molar-refractivity contribution in [1.29, 1.82) is 0 Å². The number of hydrogen-bond donors (Lipinski definition) is 1. The Bertz CT molecular complexity index is 784. The van der Waals surface area contributed by atoms with Gasteiger partial charge >= 0.3 is 5.97 Å². The van der Waals surface area contributed by atoms with E-state index in [1.54, 1.807) is 11.8 Å². The molecule has 4 aliphatic rings. The highest BCUT2D eigenvalue weighted by Crippen LogP contribution is 2.53. The van der Waals surface area contributed by atoms with Crippen LogP contribution >= 0.6 is 0 Å². The standard InChI is InChI=1S/C26H37NO3/c1-17-7-5-11-26(2)15-24-20(14-22(17)26)21(25(28)30-24)16-27-23-10-4-3-8-18(23)13-19-9-6-12-29-19/h6,9,12,14,17-18,20-21,23-24,27H,3-5,7-8,10-11,13,15-16H2,1-2H3/p+1/t17-,18-,20-,21+,23-,24-,26-/m1/s1. The summed E-state index contributed by atoms with van der Waals surface area (Å²) in [5.74, 6) is 2.75. The fraction of sp³-hybridized carbons (Fsp3) is 0.731. The van der Waals surface area contributed by atoms with Crippen molar-refractivity contribution in [3.8, 4) is 0 Å². The second-order valence-electron chi connectivity index (χ2n) is 10.8. The Morgan fingerprint density at radius 2 is 2.07 bits per heavy atom. The Morgan fingerprint density at radius 3 is 2.90 bits per heavy atom. The van der Waals surface area contributed by atoms with Gasteiger partial charge in [0.05, 0.1) is 18.8 Å². The predicted molar refractivity (Wildman–Crippen MR) is 116 cm³/mol. The zero-order valence-corrected chi connectivity index (χ0v) is 18.6. The first kappa shape index (κ1) is 20.4. The van der Waals surface area contributed by atoms with Gasteiger partial charge in [0.2, 0.25) is 0 Å². The smallest absolute Gasteiger partial charge is 0.315 e. The molecule has 0 radical (unpaired) electrons. The van der Waals surface area contributed by atoms with E-state index in [4.69, 9.17) is 9.15 Å². The van der Waals surface area contributed by atoms with Gasteiger partial charge in [0.1, 0.15) is 17.8 Å². The van der Waals surface area contributed by atoms with E-state index >= 15 is 0 Å². The summed E-state index contributed by atoms with van der Waals surface area (Å²) in [5, 5.41) is 2.48. The molecule has 30 heavy (non-hydrogen) atoms. The summed E-state index contributed by atoms with van der Waals surface area (Å²) in [7, 11) is 0. The van der Waals surface area contributed by atoms with Crippen LogP contribution < -0.4 is 5.32 Å². The summed E-state index contributed by atoms with van der Waals surface area (Å²) in [6.07, 6.45) is 15.4. The topological polar surface area (TPSA) is 56.0 Å². The lowest BCUT2D eigenvalue weighted by Crippen LogP contribution is -2.93. The fourth-order valence-electron chi connectivity index (χ4n) is 7.12. The van der Waals surface area contributed by atoms with E-state index in [2.05, 4.69) is 31.3 Å². The lowest BCUT2D eigenvalue weighted by molar-refractivity contribution is -0.702. The Balaban J connectivity index is 1.28. The lowest BCUT2D eigenvalue weighted by atomic mass is 9.59. The summed E-state index contributed by atoms with van der Waals surface area (Å²) in [5.41, 5.74) is 1.86. The molecule has 0 unspecified atom stereocenters. The van der Waals surface area contributed by atoms with Gasteiger partial charge in [0.15, 0.2) is 0 Å². The highest BCUT2D eigenvalue weighted by atomic mass is 16.6. The van der Waals surface area contributed by atoms with E-state index in [0.29, 0.717) is 17.9 Å². The summed E-state index contributed by atoms with van der Waals surface area (Å²) in [6.45, 7) is 5.65. The number of fused-ring (bicyclic) bond motifs is 2. The van der Waals surface area contributed by atoms with Gasteiger partial charge in [-0.15, -0.1) is 0 Å². The first-order chi connectivity index (χ1) is 14.5. The first-order valence-electron chi connectivity index (χ1n) is 12.3. The van der Waals surface area contributed by atoms with Crippen LogP contribution in [-0.2, 0) is 16.0 Å². The third-order valence-corrected chi connectivity index (χ3v) is 8.79. The average Bonchev–Trinajstić information content (AvgIpc) is 3.33. The molecule has 0 amide bonds. The summed E-state index contributed by atoms with van der Waals surface area (Å²) >= 11 is 0. The normalized spacial score (nSPS) is 41.0. The summed E-state index contributed by atoms with van der Waals surface area (Å²) < 4.78 is 11.6. The zero-order chi connectivity index (χ0) is 20.7. The quantitative estimate of drug-likeness (QED) is 0.581. The molecule has 164 valence electrons. The van der Waals surface area contributed by atoms with E-state index in [1.165, 1.54) is 44.9 Å². The second-order valence-corrected chi connectivity index (χ2v) is 10.8. The molecule has 7 atom stereocenters. The number of allylic oxidation sites excluding steroid dienone is 1. The minimum atomic E-state index is 0.0207. The summed E-state index contributed by atoms with van der Waals surface area (Å²) in [4.78, 5) is 12.9. The van der Waals surface area contributed by atoms with Crippen LogP contribution in [0.15, 0.2) is 34.5 Å². The number of ether oxygens (including phenoxy) is 1. The van der Waals surface area contributed by atoms with Crippen molar-refractivity contribution < 1.29 is 19.3 Å². The molecule has 3 fully saturated rings. The van der Waals surface area contributed by atoms with Crippen molar-refractivity contribution in [3.63, 3.8) is 0 Å². The minimum Gasteiger partial charge on any atom is -0.469 e. The number of carbonyl (C=O) groups is 1. The molecule has 2 saturated carbocycles. The number of quaternary nitrogens is 1. The SMILES string of the molecule is C[C@@H]1CCC[C@]2(C)C[C@H]3OC(=O)[C@@H](C[NH2+][C@@H]4CCCC[C@@H]4Cc4ccco4)[C@H]3C=C12. The maximum atomic E-state index is 12.9. The van der Waals surface area contributed by atoms with Gasteiger partial charge in [-0.3, -0.25) is 4.79 Å². The molecule has 1 saturated heterocycles. The van der Waals surface area contributed by atoms with Crippen LogP contribution in [0.2, 0.25) is 0 Å². The van der Waals surface area contributed by atoms with Crippen molar-refractivity contribution in [1.82, 2.24) is 0 Å². The zero-order valence-electron chi connectivity index (χ0n) is 18.6. The van der Waals surface area contributed by atoms with Crippen LogP contribution in [0.1, 0.15) is 71.0 Å². The van der Waals surface area contributed by atoms with E-state index < -0.39 is 0 Å². The molecule has 1 aromatic heterocycles. The number of nitrogens with two attached hydrogens (primary N) is 1. The molecule has 2 heterocycles. The minimum absolute atomic E-state index is 0.0207. The Hall–Kier alpha value is -1.55. The third kappa shape index (κ3) is 3.77. The Kier molecular flexibility index (Phi) is 5.55. The molecular weight excluding hydrogens is 374 g/mol. The van der Waals surface area contributed by atoms with Crippen molar-refractivity contribution in [3.05, 3.63) is 35.8 Å². The maximum Gasteiger partial charge on any atom is 0.315 e. The van der Waals surface area contributed by atoms with Crippen molar-refractivity contribution in [2.45, 2.75) is 83.8 Å². The van der Waals surface area contributed by atoms with Gasteiger partial charge in [-0.25, -0.2) is 0 Å². The van der Waals surface area contributed by atoms with Gasteiger partial charge in [-0.05, 0) is 62.0 Å². The largest absolute Gasteiger partial charge is 0.469 e.